The molecule has 0 aromatic carbocycles. The average molecular weight is 180 g/mol. The van der Waals surface area contributed by atoms with Crippen molar-refractivity contribution in [3.05, 3.63) is 29.6 Å². The summed E-state index contributed by atoms with van der Waals surface area (Å²) < 4.78 is 4.50. The van der Waals surface area contributed by atoms with Gasteiger partial charge >= 0.3 is 5.97 Å². The lowest BCUT2D eigenvalue weighted by atomic mass is 10.2. The summed E-state index contributed by atoms with van der Waals surface area (Å²) in [6.45, 7) is 0. The first-order chi connectivity index (χ1) is 6.29. The standard InChI is InChI=1S/C8H8N2O3/c1-13-8(11)6-3-2-4-9-7(6)5-10-12/h2-5,12H,1H3. The Balaban J connectivity index is 3.11. The van der Waals surface area contributed by atoms with Crippen LogP contribution in [0.2, 0.25) is 0 Å². The van der Waals surface area contributed by atoms with E-state index in [4.69, 9.17) is 5.21 Å². The number of rotatable bonds is 2. The number of oxime groups is 1. The van der Waals surface area contributed by atoms with Crippen LogP contribution in [0.4, 0.5) is 0 Å². The van der Waals surface area contributed by atoms with Crippen molar-refractivity contribution in [3.8, 4) is 0 Å². The van der Waals surface area contributed by atoms with E-state index in [0.29, 0.717) is 0 Å². The molecule has 1 aromatic rings. The maximum absolute atomic E-state index is 11.1. The Kier molecular flexibility index (Phi) is 2.97. The molecule has 0 saturated heterocycles. The number of methoxy groups -OCH3 is 1. The fourth-order valence-electron chi connectivity index (χ4n) is 0.858. The Morgan fingerprint density at radius 2 is 2.54 bits per heavy atom. The fraction of sp³-hybridized carbons (Fsp3) is 0.125. The van der Waals surface area contributed by atoms with Crippen molar-refractivity contribution in [2.75, 3.05) is 7.11 Å². The molecule has 1 aromatic heterocycles. The van der Waals surface area contributed by atoms with Crippen molar-refractivity contribution < 1.29 is 14.7 Å². The highest BCUT2D eigenvalue weighted by Gasteiger charge is 2.10. The van der Waals surface area contributed by atoms with E-state index in [1.165, 1.54) is 19.4 Å². The summed E-state index contributed by atoms with van der Waals surface area (Å²) in [7, 11) is 1.27. The Labute approximate surface area is 74.7 Å². The molecule has 5 heteroatoms. The highest BCUT2D eigenvalue weighted by atomic mass is 16.5. The highest BCUT2D eigenvalue weighted by molar-refractivity contribution is 5.97. The van der Waals surface area contributed by atoms with Gasteiger partial charge in [-0.1, -0.05) is 5.16 Å². The van der Waals surface area contributed by atoms with Gasteiger partial charge in [-0.25, -0.2) is 4.79 Å². The fourth-order valence-corrected chi connectivity index (χ4v) is 0.858. The maximum Gasteiger partial charge on any atom is 0.340 e. The lowest BCUT2D eigenvalue weighted by molar-refractivity contribution is 0.0600. The topological polar surface area (TPSA) is 71.8 Å². The third-order valence-electron chi connectivity index (χ3n) is 1.42. The number of carbonyl (C=O) groups is 1. The molecule has 1 heterocycles. The van der Waals surface area contributed by atoms with Crippen LogP contribution in [0.1, 0.15) is 16.1 Å². The van der Waals surface area contributed by atoms with Gasteiger partial charge in [0.1, 0.15) is 0 Å². The van der Waals surface area contributed by atoms with Gasteiger partial charge in [-0.05, 0) is 12.1 Å². The molecule has 0 aliphatic carbocycles. The SMILES string of the molecule is COC(=O)c1cccnc1C=NO. The Morgan fingerprint density at radius 1 is 1.77 bits per heavy atom. The summed E-state index contributed by atoms with van der Waals surface area (Å²) in [5, 5.41) is 11.1. The van der Waals surface area contributed by atoms with E-state index >= 15 is 0 Å². The Bertz CT molecular complexity index is 336. The lowest BCUT2D eigenvalue weighted by Gasteiger charge is -2.00. The predicted octanol–water partition coefficient (Wildman–Crippen LogP) is 0.676. The van der Waals surface area contributed by atoms with Gasteiger partial charge in [0, 0.05) is 6.20 Å². The number of hydrogen-bond acceptors (Lipinski definition) is 5. The zero-order chi connectivity index (χ0) is 9.68. The van der Waals surface area contributed by atoms with Crippen molar-refractivity contribution in [2.24, 2.45) is 5.16 Å². The minimum atomic E-state index is -0.511. The molecule has 5 nitrogen and oxygen atoms in total. The molecule has 0 aliphatic rings. The van der Waals surface area contributed by atoms with Gasteiger partial charge in [-0.2, -0.15) is 0 Å². The first-order valence-corrected chi connectivity index (χ1v) is 3.50. The van der Waals surface area contributed by atoms with Crippen molar-refractivity contribution in [3.63, 3.8) is 0 Å². The average Bonchev–Trinajstić information content (AvgIpc) is 2.18. The zero-order valence-corrected chi connectivity index (χ0v) is 6.97. The number of nitrogens with zero attached hydrogens (tertiary/aromatic N) is 2. The summed E-state index contributed by atoms with van der Waals surface area (Å²) in [6, 6.07) is 3.14. The number of aromatic nitrogens is 1. The van der Waals surface area contributed by atoms with E-state index < -0.39 is 5.97 Å². The van der Waals surface area contributed by atoms with Crippen LogP contribution in [0, 0.1) is 0 Å². The number of esters is 1. The second-order valence-electron chi connectivity index (χ2n) is 2.17. The molecular weight excluding hydrogens is 172 g/mol. The van der Waals surface area contributed by atoms with Gasteiger partial charge in [0.25, 0.3) is 0 Å². The largest absolute Gasteiger partial charge is 0.465 e. The third-order valence-corrected chi connectivity index (χ3v) is 1.42. The second kappa shape index (κ2) is 4.20. The molecule has 0 spiro atoms. The number of pyridine rings is 1. The first kappa shape index (κ1) is 9.18. The smallest absolute Gasteiger partial charge is 0.340 e. The van der Waals surface area contributed by atoms with Gasteiger partial charge in [0.15, 0.2) is 0 Å². The van der Waals surface area contributed by atoms with Crippen LogP contribution in [0.3, 0.4) is 0 Å². The summed E-state index contributed by atoms with van der Waals surface area (Å²) in [4.78, 5) is 14.9. The van der Waals surface area contributed by atoms with Crippen LogP contribution in [0.5, 0.6) is 0 Å². The van der Waals surface area contributed by atoms with E-state index in [0.717, 1.165) is 6.21 Å². The second-order valence-corrected chi connectivity index (χ2v) is 2.17. The predicted molar refractivity (Wildman–Crippen MR) is 45.0 cm³/mol. The van der Waals surface area contributed by atoms with Crippen molar-refractivity contribution in [2.45, 2.75) is 0 Å². The van der Waals surface area contributed by atoms with Crippen LogP contribution in [-0.4, -0.2) is 29.5 Å². The Hall–Kier alpha value is -1.91. The van der Waals surface area contributed by atoms with Gasteiger partial charge in [0.05, 0.1) is 24.6 Å². The quantitative estimate of drug-likeness (QED) is 0.314. The van der Waals surface area contributed by atoms with E-state index in [9.17, 15) is 4.79 Å². The summed E-state index contributed by atoms with van der Waals surface area (Å²) >= 11 is 0. The summed E-state index contributed by atoms with van der Waals surface area (Å²) in [5.74, 6) is -0.511. The molecule has 0 saturated carbocycles. The van der Waals surface area contributed by atoms with Crippen molar-refractivity contribution in [1.82, 2.24) is 4.98 Å². The minimum Gasteiger partial charge on any atom is -0.465 e. The molecule has 0 bridgehead atoms. The van der Waals surface area contributed by atoms with Crippen molar-refractivity contribution >= 4 is 12.2 Å². The number of carbonyl (C=O) groups excluding carboxylic acids is 1. The maximum atomic E-state index is 11.1. The summed E-state index contributed by atoms with van der Waals surface area (Å²) in [5.41, 5.74) is 0.541. The van der Waals surface area contributed by atoms with Crippen LogP contribution >= 0.6 is 0 Å². The summed E-state index contributed by atoms with van der Waals surface area (Å²) in [6.07, 6.45) is 2.57. The molecule has 1 rings (SSSR count). The molecule has 0 unspecified atom stereocenters. The van der Waals surface area contributed by atoms with Crippen LogP contribution in [0.15, 0.2) is 23.5 Å². The third kappa shape index (κ3) is 2.02. The monoisotopic (exact) mass is 180 g/mol. The van der Waals surface area contributed by atoms with Gasteiger partial charge in [-0.15, -0.1) is 0 Å². The molecule has 1 N–H and O–H groups in total. The van der Waals surface area contributed by atoms with Gasteiger partial charge in [-0.3, -0.25) is 4.98 Å². The van der Waals surface area contributed by atoms with Crippen LogP contribution in [0.25, 0.3) is 0 Å². The van der Waals surface area contributed by atoms with Gasteiger partial charge in [0.2, 0.25) is 0 Å². The molecule has 0 radical (unpaired) electrons. The van der Waals surface area contributed by atoms with E-state index in [2.05, 4.69) is 14.9 Å². The van der Waals surface area contributed by atoms with E-state index in [1.807, 2.05) is 0 Å². The molecule has 0 aliphatic heterocycles. The molecule has 68 valence electrons. The first-order valence-electron chi connectivity index (χ1n) is 3.50. The van der Waals surface area contributed by atoms with E-state index in [-0.39, 0.29) is 11.3 Å². The molecule has 0 amide bonds. The number of ether oxygens (including phenoxy) is 1. The molecule has 13 heavy (non-hydrogen) atoms. The van der Waals surface area contributed by atoms with Crippen molar-refractivity contribution in [1.29, 1.82) is 0 Å². The normalized spacial score (nSPS) is 10.2. The zero-order valence-electron chi connectivity index (χ0n) is 6.97. The Morgan fingerprint density at radius 3 is 3.15 bits per heavy atom. The van der Waals surface area contributed by atoms with Crippen LogP contribution < -0.4 is 0 Å². The lowest BCUT2D eigenvalue weighted by Crippen LogP contribution is -2.06. The van der Waals surface area contributed by atoms with Crippen LogP contribution in [-0.2, 0) is 4.74 Å². The molecule has 0 fully saturated rings. The molecule has 0 atom stereocenters. The highest BCUT2D eigenvalue weighted by Crippen LogP contribution is 2.04. The van der Waals surface area contributed by atoms with E-state index in [1.54, 1.807) is 6.07 Å². The number of hydrogen-bond donors (Lipinski definition) is 1. The van der Waals surface area contributed by atoms with Gasteiger partial charge < -0.3 is 9.94 Å². The minimum absolute atomic E-state index is 0.266. The molecular formula is C8H8N2O3.